The lowest BCUT2D eigenvalue weighted by Crippen LogP contribution is -2.34. The number of pyridine rings is 3. The Morgan fingerprint density at radius 1 is 0.783 bits per heavy atom. The Balaban J connectivity index is 1.38. The van der Waals surface area contributed by atoms with Crippen molar-refractivity contribution in [1.82, 2.24) is 25.6 Å². The average Bonchev–Trinajstić information content (AvgIpc) is 3.11. The monoisotopic (exact) mass is 663 g/mol. The third kappa shape index (κ3) is 7.30. The van der Waals surface area contributed by atoms with Crippen LogP contribution in [0.4, 0.5) is 0 Å². The van der Waals surface area contributed by atoms with Gasteiger partial charge in [0, 0.05) is 91.8 Å². The predicted molar refractivity (Wildman–Crippen MR) is 181 cm³/mol. The van der Waals surface area contributed by atoms with Crippen LogP contribution in [0.25, 0.3) is 33.6 Å². The standard InChI is InChI=1S/C35H39Cl2N5O4/c1-43-34-29(21-40-25-12-17-46-18-13-25)41-33(22-5-4-14-38-19-22)32(37)30(34)27-7-3-6-26(31(27)36)28-9-8-23(35(42-28)44-2)20-39-24-10-15-45-16-11-24/h3-9,14,19,24-25,39-40H,10-13,15-18,20-21H2,1-2H3. The van der Waals surface area contributed by atoms with Crippen LogP contribution in [0.1, 0.15) is 36.9 Å². The first-order chi connectivity index (χ1) is 22.6. The zero-order valence-electron chi connectivity index (χ0n) is 26.2. The summed E-state index contributed by atoms with van der Waals surface area (Å²) in [6.45, 7) is 4.19. The fourth-order valence-electron chi connectivity index (χ4n) is 6.02. The fraction of sp³-hybridized carbons (Fsp3) is 0.400. The largest absolute Gasteiger partial charge is 0.494 e. The van der Waals surface area contributed by atoms with E-state index in [1.807, 2.05) is 42.5 Å². The number of ether oxygens (including phenoxy) is 4. The van der Waals surface area contributed by atoms with Gasteiger partial charge < -0.3 is 29.6 Å². The van der Waals surface area contributed by atoms with Crippen molar-refractivity contribution in [1.29, 1.82) is 0 Å². The van der Waals surface area contributed by atoms with Crippen LogP contribution in [-0.2, 0) is 22.6 Å². The third-order valence-corrected chi connectivity index (χ3v) is 9.34. The summed E-state index contributed by atoms with van der Waals surface area (Å²) in [4.78, 5) is 14.2. The number of hydrogen-bond donors (Lipinski definition) is 2. The summed E-state index contributed by atoms with van der Waals surface area (Å²) < 4.78 is 22.8. The highest BCUT2D eigenvalue weighted by atomic mass is 35.5. The molecular weight excluding hydrogens is 625 g/mol. The normalized spacial score (nSPS) is 16.0. The molecule has 4 aromatic rings. The highest BCUT2D eigenvalue weighted by Gasteiger charge is 2.26. The summed E-state index contributed by atoms with van der Waals surface area (Å²) in [6, 6.07) is 14.4. The predicted octanol–water partition coefficient (Wildman–Crippen LogP) is 6.73. The topological polar surface area (TPSA) is 99.7 Å². The van der Waals surface area contributed by atoms with Crippen LogP contribution in [0.3, 0.4) is 0 Å². The van der Waals surface area contributed by atoms with Gasteiger partial charge in [-0.05, 0) is 43.9 Å². The number of halogens is 2. The number of aromatic nitrogens is 3. The minimum absolute atomic E-state index is 0.323. The van der Waals surface area contributed by atoms with Crippen LogP contribution in [0.2, 0.25) is 10.0 Å². The first-order valence-electron chi connectivity index (χ1n) is 15.7. The van der Waals surface area contributed by atoms with Crippen LogP contribution >= 0.6 is 23.2 Å². The molecule has 0 saturated carbocycles. The minimum Gasteiger partial charge on any atom is -0.494 e. The molecule has 0 bridgehead atoms. The van der Waals surface area contributed by atoms with Gasteiger partial charge in [-0.15, -0.1) is 0 Å². The SMILES string of the molecule is COc1nc(-c2cccc(-c3c(Cl)c(-c4cccnc4)nc(CNC4CCOCC4)c3OC)c2Cl)ccc1CNC1CCOCC1. The molecule has 0 amide bonds. The first-order valence-corrected chi connectivity index (χ1v) is 16.4. The van der Waals surface area contributed by atoms with Crippen molar-refractivity contribution >= 4 is 23.2 Å². The Labute approximate surface area is 280 Å². The lowest BCUT2D eigenvalue weighted by molar-refractivity contribution is 0.0774. The molecule has 11 heteroatoms. The molecule has 0 atom stereocenters. The van der Waals surface area contributed by atoms with Crippen molar-refractivity contribution in [3.63, 3.8) is 0 Å². The van der Waals surface area contributed by atoms with E-state index in [0.717, 1.165) is 74.5 Å². The zero-order chi connectivity index (χ0) is 31.9. The molecule has 2 aliphatic heterocycles. The maximum Gasteiger partial charge on any atom is 0.218 e. The van der Waals surface area contributed by atoms with Crippen molar-refractivity contribution in [2.75, 3.05) is 40.6 Å². The van der Waals surface area contributed by atoms with Crippen molar-refractivity contribution < 1.29 is 18.9 Å². The molecule has 46 heavy (non-hydrogen) atoms. The highest BCUT2D eigenvalue weighted by Crippen LogP contribution is 2.47. The molecule has 0 aliphatic carbocycles. The van der Waals surface area contributed by atoms with Gasteiger partial charge in [0.2, 0.25) is 5.88 Å². The molecule has 5 heterocycles. The second-order valence-electron chi connectivity index (χ2n) is 11.4. The van der Waals surface area contributed by atoms with E-state index in [2.05, 4.69) is 15.6 Å². The zero-order valence-corrected chi connectivity index (χ0v) is 27.7. The van der Waals surface area contributed by atoms with Crippen LogP contribution in [-0.4, -0.2) is 67.7 Å². The van der Waals surface area contributed by atoms with Crippen LogP contribution in [0.15, 0.2) is 54.9 Å². The van der Waals surface area contributed by atoms with Crippen molar-refractivity contribution in [3.8, 4) is 45.3 Å². The minimum atomic E-state index is 0.323. The summed E-state index contributed by atoms with van der Waals surface area (Å²) in [5.41, 5.74) is 5.94. The van der Waals surface area contributed by atoms with Gasteiger partial charge in [-0.2, -0.15) is 0 Å². The molecule has 2 aliphatic rings. The Bertz CT molecular complexity index is 1630. The quantitative estimate of drug-likeness (QED) is 0.181. The van der Waals surface area contributed by atoms with E-state index >= 15 is 0 Å². The van der Waals surface area contributed by atoms with Gasteiger partial charge in [-0.1, -0.05) is 47.5 Å². The molecule has 2 fully saturated rings. The Kier molecular flexibility index (Phi) is 11.0. The number of benzene rings is 1. The molecule has 2 saturated heterocycles. The Morgan fingerprint density at radius 2 is 1.48 bits per heavy atom. The molecule has 2 N–H and O–H groups in total. The van der Waals surface area contributed by atoms with Crippen molar-refractivity contribution in [2.45, 2.75) is 50.9 Å². The molecule has 0 spiro atoms. The lowest BCUT2D eigenvalue weighted by Gasteiger charge is -2.24. The molecule has 242 valence electrons. The summed E-state index contributed by atoms with van der Waals surface area (Å²) in [5.74, 6) is 1.12. The van der Waals surface area contributed by atoms with E-state index in [9.17, 15) is 0 Å². The maximum absolute atomic E-state index is 7.24. The lowest BCUT2D eigenvalue weighted by atomic mass is 9.97. The van der Waals surface area contributed by atoms with Crippen LogP contribution < -0.4 is 20.1 Å². The molecule has 0 radical (unpaired) electrons. The average molecular weight is 665 g/mol. The fourth-order valence-corrected chi connectivity index (χ4v) is 6.68. The second-order valence-corrected chi connectivity index (χ2v) is 12.2. The van der Waals surface area contributed by atoms with E-state index in [-0.39, 0.29) is 0 Å². The van der Waals surface area contributed by atoms with Gasteiger partial charge >= 0.3 is 0 Å². The Morgan fingerprint density at radius 3 is 2.13 bits per heavy atom. The van der Waals surface area contributed by atoms with Gasteiger partial charge in [0.1, 0.15) is 0 Å². The van der Waals surface area contributed by atoms with Gasteiger partial charge in [-0.25, -0.2) is 9.97 Å². The summed E-state index contributed by atoms with van der Waals surface area (Å²) in [5, 5.41) is 8.18. The van der Waals surface area contributed by atoms with E-state index in [4.69, 9.17) is 52.1 Å². The molecule has 6 rings (SSSR count). The van der Waals surface area contributed by atoms with E-state index in [1.54, 1.807) is 26.6 Å². The summed E-state index contributed by atoms with van der Waals surface area (Å²) >= 11 is 14.4. The smallest absolute Gasteiger partial charge is 0.218 e. The van der Waals surface area contributed by atoms with Gasteiger partial charge in [0.25, 0.3) is 0 Å². The van der Waals surface area contributed by atoms with Gasteiger partial charge in [0.15, 0.2) is 5.75 Å². The second kappa shape index (κ2) is 15.5. The maximum atomic E-state index is 7.24. The summed E-state index contributed by atoms with van der Waals surface area (Å²) in [7, 11) is 3.27. The van der Waals surface area contributed by atoms with E-state index in [1.165, 1.54) is 0 Å². The van der Waals surface area contributed by atoms with E-state index in [0.29, 0.717) is 69.4 Å². The highest BCUT2D eigenvalue weighted by molar-refractivity contribution is 6.39. The van der Waals surface area contributed by atoms with Crippen molar-refractivity contribution in [3.05, 3.63) is 76.2 Å². The number of nitrogens with one attached hydrogen (secondary N) is 2. The van der Waals surface area contributed by atoms with Crippen LogP contribution in [0.5, 0.6) is 11.6 Å². The number of rotatable bonds is 11. The first kappa shape index (κ1) is 32.6. The molecule has 0 unspecified atom stereocenters. The van der Waals surface area contributed by atoms with Crippen LogP contribution in [0, 0.1) is 0 Å². The molecule has 3 aromatic heterocycles. The van der Waals surface area contributed by atoms with Crippen molar-refractivity contribution in [2.24, 2.45) is 0 Å². The van der Waals surface area contributed by atoms with E-state index < -0.39 is 0 Å². The Hall–Kier alpha value is -3.31. The molecule has 9 nitrogen and oxygen atoms in total. The number of methoxy groups -OCH3 is 2. The number of hydrogen-bond acceptors (Lipinski definition) is 9. The number of nitrogens with zero attached hydrogens (tertiary/aromatic N) is 3. The van der Waals surface area contributed by atoms with Gasteiger partial charge in [-0.3, -0.25) is 4.98 Å². The third-order valence-electron chi connectivity index (χ3n) is 8.56. The molecular formula is C35H39Cl2N5O4. The summed E-state index contributed by atoms with van der Waals surface area (Å²) in [6.07, 6.45) is 7.34. The molecule has 1 aromatic carbocycles. The van der Waals surface area contributed by atoms with Gasteiger partial charge in [0.05, 0.1) is 41.3 Å².